The van der Waals surface area contributed by atoms with Crippen molar-refractivity contribution in [3.05, 3.63) is 54.1 Å². The van der Waals surface area contributed by atoms with Crippen molar-refractivity contribution in [1.29, 1.82) is 0 Å². The Kier molecular flexibility index (Phi) is 12.0. The first-order chi connectivity index (χ1) is 12.4. The summed E-state index contributed by atoms with van der Waals surface area (Å²) in [6, 6.07) is 9.25. The van der Waals surface area contributed by atoms with Gasteiger partial charge >= 0.3 is 0 Å². The van der Waals surface area contributed by atoms with Gasteiger partial charge in [0.1, 0.15) is 0 Å². The van der Waals surface area contributed by atoms with Crippen LogP contribution in [0.4, 0.5) is 0 Å². The number of amides is 1. The van der Waals surface area contributed by atoms with Crippen molar-refractivity contribution in [2.75, 3.05) is 18.8 Å². The third kappa shape index (κ3) is 9.03. The Labute approximate surface area is 178 Å². The minimum atomic E-state index is -3.25. The number of hydrogen-bond acceptors (Lipinski definition) is 5. The molecule has 1 aromatic heterocycles. The number of aromatic nitrogens is 2. The Morgan fingerprint density at radius 3 is 2.54 bits per heavy atom. The van der Waals surface area contributed by atoms with Gasteiger partial charge in [0.25, 0.3) is 0 Å². The Balaban J connectivity index is 0.00000364. The molecule has 8 nitrogen and oxygen atoms in total. The Morgan fingerprint density at radius 2 is 1.89 bits per heavy atom. The number of imidazole rings is 1. The topological polar surface area (TPSA) is 119 Å². The fraction of sp³-hybridized carbons (Fsp3) is 0.412. The van der Waals surface area contributed by atoms with E-state index in [1.807, 2.05) is 41.1 Å². The normalized spacial score (nSPS) is 11.8. The van der Waals surface area contributed by atoms with E-state index in [1.165, 1.54) is 0 Å². The quantitative estimate of drug-likeness (QED) is 0.459. The molecule has 1 heterocycles. The fourth-order valence-corrected chi connectivity index (χ4v) is 2.95. The molecule has 158 valence electrons. The summed E-state index contributed by atoms with van der Waals surface area (Å²) in [5, 5.41) is 2.62. The van der Waals surface area contributed by atoms with E-state index in [2.05, 4.69) is 15.0 Å². The number of benzene rings is 1. The summed E-state index contributed by atoms with van der Waals surface area (Å²) in [5.41, 5.74) is 7.80. The zero-order chi connectivity index (χ0) is 19.0. The van der Waals surface area contributed by atoms with Crippen LogP contribution in [-0.4, -0.2) is 48.8 Å². The molecule has 0 aliphatic carbocycles. The second-order valence-corrected chi connectivity index (χ2v) is 8.02. The zero-order valence-corrected chi connectivity index (χ0v) is 18.0. The van der Waals surface area contributed by atoms with E-state index < -0.39 is 16.1 Å². The molecule has 0 bridgehead atoms. The van der Waals surface area contributed by atoms with Crippen LogP contribution in [0.1, 0.15) is 18.2 Å². The highest BCUT2D eigenvalue weighted by Crippen LogP contribution is 2.05. The van der Waals surface area contributed by atoms with Crippen LogP contribution in [0.25, 0.3) is 0 Å². The lowest BCUT2D eigenvalue weighted by atomic mass is 10.1. The molecule has 4 N–H and O–H groups in total. The van der Waals surface area contributed by atoms with Gasteiger partial charge in [0.2, 0.25) is 15.9 Å². The van der Waals surface area contributed by atoms with E-state index in [0.717, 1.165) is 11.3 Å². The number of hydrogen-bond donors (Lipinski definition) is 3. The predicted molar refractivity (Wildman–Crippen MR) is 114 cm³/mol. The summed E-state index contributed by atoms with van der Waals surface area (Å²) in [7, 11) is -3.25. The van der Waals surface area contributed by atoms with Gasteiger partial charge < -0.3 is 15.6 Å². The van der Waals surface area contributed by atoms with Gasteiger partial charge in [-0.25, -0.2) is 18.1 Å². The maximum absolute atomic E-state index is 12.0. The molecular weight excluding hydrogens is 425 g/mol. The molecule has 1 aromatic carbocycles. The summed E-state index contributed by atoms with van der Waals surface area (Å²) in [4.78, 5) is 16.3. The maximum atomic E-state index is 12.0. The molecule has 28 heavy (non-hydrogen) atoms. The second-order valence-electron chi connectivity index (χ2n) is 5.92. The Bertz CT molecular complexity index is 815. The van der Waals surface area contributed by atoms with Gasteiger partial charge in [0, 0.05) is 32.3 Å². The first-order valence-electron chi connectivity index (χ1n) is 8.45. The molecule has 0 fully saturated rings. The van der Waals surface area contributed by atoms with E-state index in [4.69, 9.17) is 5.73 Å². The lowest BCUT2D eigenvalue weighted by Crippen LogP contribution is -2.44. The maximum Gasteiger partial charge on any atom is 0.237 e. The van der Waals surface area contributed by atoms with Crippen LogP contribution in [-0.2, 0) is 27.8 Å². The van der Waals surface area contributed by atoms with Crippen LogP contribution in [0.3, 0.4) is 0 Å². The molecule has 2 aromatic rings. The molecule has 11 heteroatoms. The molecule has 0 radical (unpaired) electrons. The highest BCUT2D eigenvalue weighted by Gasteiger charge is 2.15. The fourth-order valence-electron chi connectivity index (χ4n) is 2.34. The Hall–Kier alpha value is -1.65. The number of sulfonamides is 1. The second kappa shape index (κ2) is 12.7. The summed E-state index contributed by atoms with van der Waals surface area (Å²) < 4.78 is 26.9. The van der Waals surface area contributed by atoms with Gasteiger partial charge in [-0.1, -0.05) is 30.3 Å². The molecule has 1 atom stereocenters. The molecule has 0 spiro atoms. The summed E-state index contributed by atoms with van der Waals surface area (Å²) in [6.07, 6.45) is 3.90. The minimum Gasteiger partial charge on any atom is -0.353 e. The molecule has 0 aliphatic heterocycles. The van der Waals surface area contributed by atoms with Crippen molar-refractivity contribution in [2.24, 2.45) is 5.73 Å². The van der Waals surface area contributed by atoms with E-state index in [0.29, 0.717) is 13.0 Å². The van der Waals surface area contributed by atoms with Gasteiger partial charge in [0.15, 0.2) is 0 Å². The SMILES string of the molecule is CCS(=O)(=O)NCCNC(=O)[C@@H](N)Cc1cn(Cc2ccccc2)cn1.Cl.Cl. The molecular formula is C17H27Cl2N5O3S. The highest BCUT2D eigenvalue weighted by molar-refractivity contribution is 7.89. The predicted octanol–water partition coefficient (Wildman–Crippen LogP) is 0.700. The first-order valence-corrected chi connectivity index (χ1v) is 10.1. The zero-order valence-electron chi connectivity index (χ0n) is 15.6. The third-order valence-corrected chi connectivity index (χ3v) is 5.19. The van der Waals surface area contributed by atoms with E-state index in [-0.39, 0.29) is 49.6 Å². The number of nitrogens with one attached hydrogen (secondary N) is 2. The third-order valence-electron chi connectivity index (χ3n) is 3.79. The summed E-state index contributed by atoms with van der Waals surface area (Å²) in [6.45, 7) is 2.58. The van der Waals surface area contributed by atoms with Crippen LogP contribution in [0.2, 0.25) is 0 Å². The molecule has 2 rings (SSSR count). The van der Waals surface area contributed by atoms with Crippen molar-refractivity contribution in [2.45, 2.75) is 25.9 Å². The number of nitrogens with zero attached hydrogens (tertiary/aromatic N) is 2. The number of halogens is 2. The lowest BCUT2D eigenvalue weighted by Gasteiger charge is -2.11. The largest absolute Gasteiger partial charge is 0.353 e. The van der Waals surface area contributed by atoms with Gasteiger partial charge in [-0.2, -0.15) is 0 Å². The van der Waals surface area contributed by atoms with E-state index in [9.17, 15) is 13.2 Å². The van der Waals surface area contributed by atoms with Crippen molar-refractivity contribution in [3.63, 3.8) is 0 Å². The van der Waals surface area contributed by atoms with Crippen molar-refractivity contribution in [3.8, 4) is 0 Å². The number of carbonyl (C=O) groups excluding carboxylic acids is 1. The molecule has 0 unspecified atom stereocenters. The number of nitrogens with two attached hydrogens (primary N) is 1. The summed E-state index contributed by atoms with van der Waals surface area (Å²) >= 11 is 0. The van der Waals surface area contributed by atoms with Crippen LogP contribution in [0, 0.1) is 0 Å². The van der Waals surface area contributed by atoms with Gasteiger partial charge in [-0.05, 0) is 12.5 Å². The lowest BCUT2D eigenvalue weighted by molar-refractivity contribution is -0.122. The van der Waals surface area contributed by atoms with Gasteiger partial charge in [-0.3, -0.25) is 4.79 Å². The first kappa shape index (κ1) is 26.4. The van der Waals surface area contributed by atoms with Crippen LogP contribution >= 0.6 is 24.8 Å². The standard InChI is InChI=1S/C17H25N5O3S.2ClH/c1-2-26(24,25)21-9-8-19-17(23)16(18)10-15-12-22(13-20-15)11-14-6-4-3-5-7-14;;/h3-7,12-13,16,21H,2,8-11,18H2,1H3,(H,19,23);2*1H/t16-;;/m0../s1. The summed E-state index contributed by atoms with van der Waals surface area (Å²) in [5.74, 6) is -0.329. The van der Waals surface area contributed by atoms with Crippen LogP contribution in [0.15, 0.2) is 42.9 Å². The number of carbonyl (C=O) groups is 1. The smallest absolute Gasteiger partial charge is 0.237 e. The monoisotopic (exact) mass is 451 g/mol. The van der Waals surface area contributed by atoms with Gasteiger partial charge in [-0.15, -0.1) is 24.8 Å². The van der Waals surface area contributed by atoms with Crippen LogP contribution < -0.4 is 15.8 Å². The number of rotatable bonds is 10. The molecule has 1 amide bonds. The average Bonchev–Trinajstić information content (AvgIpc) is 3.06. The van der Waals surface area contributed by atoms with Crippen molar-refractivity contribution in [1.82, 2.24) is 19.6 Å². The highest BCUT2D eigenvalue weighted by atomic mass is 35.5. The van der Waals surface area contributed by atoms with Crippen LogP contribution in [0.5, 0.6) is 0 Å². The van der Waals surface area contributed by atoms with Crippen molar-refractivity contribution < 1.29 is 13.2 Å². The minimum absolute atomic E-state index is 0. The van der Waals surface area contributed by atoms with Crippen molar-refractivity contribution >= 4 is 40.7 Å². The van der Waals surface area contributed by atoms with Gasteiger partial charge in [0.05, 0.1) is 23.8 Å². The average molecular weight is 452 g/mol. The molecule has 0 aliphatic rings. The Morgan fingerprint density at radius 1 is 1.21 bits per heavy atom. The van der Waals surface area contributed by atoms with E-state index >= 15 is 0 Å². The molecule has 0 saturated heterocycles. The van der Waals surface area contributed by atoms with E-state index in [1.54, 1.807) is 13.3 Å². The molecule has 0 saturated carbocycles.